The van der Waals surface area contributed by atoms with Gasteiger partial charge in [0.05, 0.1) is 0 Å². The minimum absolute atomic E-state index is 0.160. The summed E-state index contributed by atoms with van der Waals surface area (Å²) in [4.78, 5) is 0. The zero-order valence-corrected chi connectivity index (χ0v) is 18.2. The fraction of sp³-hybridized carbons (Fsp3) is 0.0968. The van der Waals surface area contributed by atoms with Gasteiger partial charge >= 0.3 is 0 Å². The fourth-order valence-corrected chi connectivity index (χ4v) is 4.19. The number of rotatable bonds is 0. The average Bonchev–Trinajstić information content (AvgIpc) is 3.09. The Balaban J connectivity index is 0.000000124. The van der Waals surface area contributed by atoms with E-state index < -0.39 is 0 Å². The van der Waals surface area contributed by atoms with Crippen LogP contribution in [-0.2, 0) is 5.41 Å². The summed E-state index contributed by atoms with van der Waals surface area (Å²) in [7, 11) is 0. The molecule has 0 atom stereocenters. The summed E-state index contributed by atoms with van der Waals surface area (Å²) >= 11 is 0. The summed E-state index contributed by atoms with van der Waals surface area (Å²) in [6.07, 6.45) is 0. The summed E-state index contributed by atoms with van der Waals surface area (Å²) in [6, 6.07) is 46.2. The molecule has 0 aromatic heterocycles. The van der Waals surface area contributed by atoms with Gasteiger partial charge in [0.1, 0.15) is 0 Å². The van der Waals surface area contributed by atoms with Crippen molar-refractivity contribution in [3.05, 3.63) is 145 Å². The molecule has 0 amide bonds. The fourth-order valence-electron chi connectivity index (χ4n) is 4.19. The largest absolute Gasteiger partial charge is 0.0623 e. The molecule has 1 aliphatic rings. The van der Waals surface area contributed by atoms with Crippen LogP contribution in [0.4, 0.5) is 0 Å². The zero-order chi connectivity index (χ0) is 21.5. The van der Waals surface area contributed by atoms with E-state index in [1.165, 1.54) is 33.0 Å². The molecular weight excluding hydrogens is 372 g/mol. The Kier molecular flexibility index (Phi) is 6.29. The molecule has 0 saturated heterocycles. The molecule has 0 radical (unpaired) electrons. The van der Waals surface area contributed by atoms with Gasteiger partial charge in [0.2, 0.25) is 0 Å². The molecule has 31 heavy (non-hydrogen) atoms. The predicted octanol–water partition coefficient (Wildman–Crippen LogP) is 8.52. The Morgan fingerprint density at radius 2 is 0.645 bits per heavy atom. The lowest BCUT2D eigenvalue weighted by atomic mass is 9.82. The minimum Gasteiger partial charge on any atom is -0.0623 e. The summed E-state index contributed by atoms with van der Waals surface area (Å²) in [5.41, 5.74) is 5.86. The van der Waals surface area contributed by atoms with Crippen molar-refractivity contribution in [3.63, 3.8) is 0 Å². The van der Waals surface area contributed by atoms with Crippen molar-refractivity contribution in [2.75, 3.05) is 0 Å². The van der Waals surface area contributed by atoms with Crippen molar-refractivity contribution in [3.8, 4) is 11.1 Å². The molecule has 0 heteroatoms. The Hall–Kier alpha value is -3.64. The molecule has 0 heterocycles. The first-order valence-corrected chi connectivity index (χ1v) is 10.8. The van der Waals surface area contributed by atoms with Gasteiger partial charge < -0.3 is 0 Å². The molecule has 0 bridgehead atoms. The maximum Gasteiger partial charge on any atom is 0.0158 e. The van der Waals surface area contributed by atoms with Gasteiger partial charge in [-0.05, 0) is 33.0 Å². The van der Waals surface area contributed by atoms with Gasteiger partial charge in [-0.2, -0.15) is 0 Å². The molecular formula is C31H28. The van der Waals surface area contributed by atoms with Crippen LogP contribution in [0.15, 0.2) is 133 Å². The smallest absolute Gasteiger partial charge is 0.0158 e. The van der Waals surface area contributed by atoms with Crippen molar-refractivity contribution >= 4 is 10.8 Å². The van der Waals surface area contributed by atoms with E-state index in [2.05, 4.69) is 111 Å². The SMILES string of the molecule is CC1(C)c2ccccc2-c2ccccc21.c1ccc2ccccc2c1.c1ccccc1. The highest BCUT2D eigenvalue weighted by atomic mass is 14.4. The lowest BCUT2D eigenvalue weighted by molar-refractivity contribution is 0.660. The third-order valence-corrected chi connectivity index (χ3v) is 5.82. The maximum absolute atomic E-state index is 2.30. The van der Waals surface area contributed by atoms with Crippen LogP contribution < -0.4 is 0 Å². The van der Waals surface area contributed by atoms with Crippen molar-refractivity contribution in [2.24, 2.45) is 0 Å². The van der Waals surface area contributed by atoms with E-state index >= 15 is 0 Å². The van der Waals surface area contributed by atoms with Crippen LogP contribution in [0, 0.1) is 0 Å². The monoisotopic (exact) mass is 400 g/mol. The van der Waals surface area contributed by atoms with Gasteiger partial charge in [-0.15, -0.1) is 0 Å². The second kappa shape index (κ2) is 9.45. The molecule has 0 saturated carbocycles. The summed E-state index contributed by atoms with van der Waals surface area (Å²) in [5.74, 6) is 0. The van der Waals surface area contributed by atoms with E-state index in [1.807, 2.05) is 36.4 Å². The third-order valence-electron chi connectivity index (χ3n) is 5.82. The molecule has 0 unspecified atom stereocenters. The van der Waals surface area contributed by atoms with Gasteiger partial charge in [-0.1, -0.05) is 147 Å². The van der Waals surface area contributed by atoms with Crippen molar-refractivity contribution in [1.29, 1.82) is 0 Å². The van der Waals surface area contributed by atoms with Crippen molar-refractivity contribution < 1.29 is 0 Å². The molecule has 1 aliphatic carbocycles. The maximum atomic E-state index is 2.30. The first kappa shape index (κ1) is 20.6. The van der Waals surface area contributed by atoms with E-state index in [0.29, 0.717) is 0 Å². The molecule has 152 valence electrons. The topological polar surface area (TPSA) is 0 Å². The Morgan fingerprint density at radius 1 is 0.355 bits per heavy atom. The van der Waals surface area contributed by atoms with Gasteiger partial charge in [0.15, 0.2) is 0 Å². The first-order valence-electron chi connectivity index (χ1n) is 10.8. The molecule has 0 fully saturated rings. The van der Waals surface area contributed by atoms with Crippen molar-refractivity contribution in [1.82, 2.24) is 0 Å². The van der Waals surface area contributed by atoms with Crippen LogP contribution in [-0.4, -0.2) is 0 Å². The second-order valence-electron chi connectivity index (χ2n) is 8.22. The minimum atomic E-state index is 0.160. The van der Waals surface area contributed by atoms with E-state index in [9.17, 15) is 0 Å². The molecule has 6 rings (SSSR count). The standard InChI is InChI=1S/C15H14.C10H8.C6H6/c1-15(2)13-9-5-3-7-11(13)12-8-4-6-10-14(12)15;1-2-6-10-8-4-3-7-9(10)5-1;1-2-4-6-5-3-1/h3-10H,1-2H3;1-8H;1-6H. The lowest BCUT2D eigenvalue weighted by Crippen LogP contribution is -2.14. The molecule has 0 N–H and O–H groups in total. The first-order chi connectivity index (χ1) is 15.2. The quantitative estimate of drug-likeness (QED) is 0.244. The molecule has 5 aromatic carbocycles. The Morgan fingerprint density at radius 3 is 1.00 bits per heavy atom. The van der Waals surface area contributed by atoms with Gasteiger partial charge in [-0.3, -0.25) is 0 Å². The number of benzene rings is 5. The number of fused-ring (bicyclic) bond motifs is 4. The summed E-state index contributed by atoms with van der Waals surface area (Å²) in [5, 5.41) is 2.62. The lowest BCUT2D eigenvalue weighted by Gasteiger charge is -2.20. The predicted molar refractivity (Wildman–Crippen MR) is 134 cm³/mol. The molecule has 0 nitrogen and oxygen atoms in total. The molecule has 0 spiro atoms. The summed E-state index contributed by atoms with van der Waals surface area (Å²) in [6.45, 7) is 4.61. The van der Waals surface area contributed by atoms with Crippen LogP contribution in [0.5, 0.6) is 0 Å². The average molecular weight is 401 g/mol. The number of hydrogen-bond acceptors (Lipinski definition) is 0. The van der Waals surface area contributed by atoms with E-state index in [-0.39, 0.29) is 5.41 Å². The molecule has 0 aliphatic heterocycles. The summed E-state index contributed by atoms with van der Waals surface area (Å²) < 4.78 is 0. The molecule has 5 aromatic rings. The Labute approximate surface area is 185 Å². The van der Waals surface area contributed by atoms with E-state index in [4.69, 9.17) is 0 Å². The highest BCUT2D eigenvalue weighted by Gasteiger charge is 2.34. The van der Waals surface area contributed by atoms with Crippen LogP contribution >= 0.6 is 0 Å². The highest BCUT2D eigenvalue weighted by molar-refractivity contribution is 5.82. The highest BCUT2D eigenvalue weighted by Crippen LogP contribution is 2.47. The normalized spacial score (nSPS) is 12.5. The van der Waals surface area contributed by atoms with Gasteiger partial charge in [0.25, 0.3) is 0 Å². The van der Waals surface area contributed by atoms with E-state index in [1.54, 1.807) is 0 Å². The van der Waals surface area contributed by atoms with Crippen LogP contribution in [0.2, 0.25) is 0 Å². The zero-order valence-electron chi connectivity index (χ0n) is 18.2. The van der Waals surface area contributed by atoms with Gasteiger partial charge in [-0.25, -0.2) is 0 Å². The Bertz CT molecular complexity index is 1110. The van der Waals surface area contributed by atoms with Gasteiger partial charge in [0, 0.05) is 5.41 Å². The third kappa shape index (κ3) is 4.59. The second-order valence-corrected chi connectivity index (χ2v) is 8.22. The van der Waals surface area contributed by atoms with Crippen LogP contribution in [0.25, 0.3) is 21.9 Å². The van der Waals surface area contributed by atoms with Crippen LogP contribution in [0.1, 0.15) is 25.0 Å². The van der Waals surface area contributed by atoms with Crippen LogP contribution in [0.3, 0.4) is 0 Å². The van der Waals surface area contributed by atoms with Crippen molar-refractivity contribution in [2.45, 2.75) is 19.3 Å². The van der Waals surface area contributed by atoms with E-state index in [0.717, 1.165) is 0 Å². The number of hydrogen-bond donors (Lipinski definition) is 0.